The standard InChI is InChI=1S/C21H21FN4O4/c1-3-14(2)25(21(27)16-5-4-6-18(13-16)26(28)29)12-11-19-23-20(24-30-19)15-7-9-17(22)10-8-15/h4-10,13-14H,3,11-12H2,1-2H3/t14-/m1/s1. The van der Waals surface area contributed by atoms with Crippen molar-refractivity contribution in [3.8, 4) is 11.4 Å². The van der Waals surface area contributed by atoms with Gasteiger partial charge in [0.05, 0.1) is 4.92 Å². The van der Waals surface area contributed by atoms with Crippen molar-refractivity contribution in [1.82, 2.24) is 15.0 Å². The molecule has 0 saturated carbocycles. The highest BCUT2D eigenvalue weighted by Crippen LogP contribution is 2.19. The molecule has 0 aliphatic carbocycles. The average Bonchev–Trinajstić information content (AvgIpc) is 3.23. The number of benzene rings is 2. The highest BCUT2D eigenvalue weighted by Gasteiger charge is 2.23. The Labute approximate surface area is 172 Å². The minimum Gasteiger partial charge on any atom is -0.339 e. The van der Waals surface area contributed by atoms with Crippen molar-refractivity contribution >= 4 is 11.6 Å². The van der Waals surface area contributed by atoms with Crippen molar-refractivity contribution < 1.29 is 18.6 Å². The molecule has 0 aliphatic heterocycles. The molecule has 1 heterocycles. The second-order valence-corrected chi connectivity index (χ2v) is 6.83. The lowest BCUT2D eigenvalue weighted by molar-refractivity contribution is -0.384. The molecule has 2 aromatic carbocycles. The minimum absolute atomic E-state index is 0.0868. The van der Waals surface area contributed by atoms with Crippen LogP contribution in [-0.2, 0) is 6.42 Å². The number of nitro groups is 1. The number of hydrogen-bond donors (Lipinski definition) is 0. The monoisotopic (exact) mass is 412 g/mol. The Balaban J connectivity index is 1.74. The maximum absolute atomic E-state index is 13.1. The lowest BCUT2D eigenvalue weighted by atomic mass is 10.1. The first-order valence-corrected chi connectivity index (χ1v) is 9.53. The summed E-state index contributed by atoms with van der Waals surface area (Å²) in [4.78, 5) is 29.4. The van der Waals surface area contributed by atoms with Crippen molar-refractivity contribution in [2.75, 3.05) is 6.54 Å². The topological polar surface area (TPSA) is 102 Å². The lowest BCUT2D eigenvalue weighted by Crippen LogP contribution is -2.39. The Bertz CT molecular complexity index is 1040. The number of rotatable bonds is 8. The Kier molecular flexibility index (Phi) is 6.51. The fourth-order valence-electron chi connectivity index (χ4n) is 2.95. The molecular weight excluding hydrogens is 391 g/mol. The zero-order valence-corrected chi connectivity index (χ0v) is 16.6. The van der Waals surface area contributed by atoms with E-state index in [1.54, 1.807) is 23.1 Å². The molecule has 1 amide bonds. The summed E-state index contributed by atoms with van der Waals surface area (Å²) in [5.41, 5.74) is 0.741. The Morgan fingerprint density at radius 1 is 1.27 bits per heavy atom. The molecule has 0 N–H and O–H groups in total. The molecule has 8 nitrogen and oxygen atoms in total. The summed E-state index contributed by atoms with van der Waals surface area (Å²) < 4.78 is 18.3. The van der Waals surface area contributed by atoms with Gasteiger partial charge in [0.25, 0.3) is 11.6 Å². The summed E-state index contributed by atoms with van der Waals surface area (Å²) in [6, 6.07) is 11.3. The van der Waals surface area contributed by atoms with Crippen LogP contribution in [0.15, 0.2) is 53.1 Å². The summed E-state index contributed by atoms with van der Waals surface area (Å²) in [6.45, 7) is 4.17. The number of non-ortho nitro benzene ring substituents is 1. The van der Waals surface area contributed by atoms with Gasteiger partial charge < -0.3 is 9.42 Å². The van der Waals surface area contributed by atoms with E-state index in [2.05, 4.69) is 10.1 Å². The molecule has 1 aromatic heterocycles. The van der Waals surface area contributed by atoms with E-state index in [4.69, 9.17) is 4.52 Å². The zero-order chi connectivity index (χ0) is 21.7. The van der Waals surface area contributed by atoms with Gasteiger partial charge in [-0.05, 0) is 43.7 Å². The summed E-state index contributed by atoms with van der Waals surface area (Å²) in [5, 5.41) is 14.9. The van der Waals surface area contributed by atoms with Crippen LogP contribution in [0.1, 0.15) is 36.5 Å². The van der Waals surface area contributed by atoms with E-state index < -0.39 is 4.92 Å². The van der Waals surface area contributed by atoms with Gasteiger partial charge in [0.2, 0.25) is 11.7 Å². The highest BCUT2D eigenvalue weighted by molar-refractivity contribution is 5.95. The quantitative estimate of drug-likeness (QED) is 0.404. The SMILES string of the molecule is CC[C@@H](C)N(CCc1nc(-c2ccc(F)cc2)no1)C(=O)c1cccc([N+](=O)[O-])c1. The van der Waals surface area contributed by atoms with Crippen molar-refractivity contribution in [2.24, 2.45) is 0 Å². The van der Waals surface area contributed by atoms with Gasteiger partial charge in [0.15, 0.2) is 0 Å². The minimum atomic E-state index is -0.528. The van der Waals surface area contributed by atoms with Gasteiger partial charge in [-0.3, -0.25) is 14.9 Å². The molecule has 0 fully saturated rings. The van der Waals surface area contributed by atoms with Crippen LogP contribution in [0.4, 0.5) is 10.1 Å². The number of nitro benzene ring substituents is 1. The normalized spacial score (nSPS) is 11.8. The number of hydrogen-bond acceptors (Lipinski definition) is 6. The van der Waals surface area contributed by atoms with Gasteiger partial charge in [-0.25, -0.2) is 4.39 Å². The van der Waals surface area contributed by atoms with E-state index in [9.17, 15) is 19.3 Å². The van der Waals surface area contributed by atoms with Crippen LogP contribution in [0.25, 0.3) is 11.4 Å². The van der Waals surface area contributed by atoms with E-state index in [0.29, 0.717) is 36.7 Å². The number of halogens is 1. The van der Waals surface area contributed by atoms with Crippen LogP contribution in [0.5, 0.6) is 0 Å². The van der Waals surface area contributed by atoms with E-state index in [1.165, 1.54) is 30.3 Å². The van der Waals surface area contributed by atoms with Crippen LogP contribution < -0.4 is 0 Å². The molecule has 1 atom stereocenters. The van der Waals surface area contributed by atoms with Gasteiger partial charge in [-0.1, -0.05) is 18.1 Å². The molecule has 0 aliphatic rings. The number of amides is 1. The predicted molar refractivity (Wildman–Crippen MR) is 107 cm³/mol. The third kappa shape index (κ3) is 4.86. The Morgan fingerprint density at radius 2 is 2.00 bits per heavy atom. The second-order valence-electron chi connectivity index (χ2n) is 6.83. The van der Waals surface area contributed by atoms with E-state index in [-0.39, 0.29) is 29.0 Å². The molecule has 0 bridgehead atoms. The zero-order valence-electron chi connectivity index (χ0n) is 16.6. The van der Waals surface area contributed by atoms with Crippen molar-refractivity contribution in [1.29, 1.82) is 0 Å². The van der Waals surface area contributed by atoms with E-state index in [1.807, 2.05) is 13.8 Å². The van der Waals surface area contributed by atoms with Crippen molar-refractivity contribution in [3.05, 3.63) is 75.9 Å². The largest absolute Gasteiger partial charge is 0.339 e. The van der Waals surface area contributed by atoms with Gasteiger partial charge in [-0.2, -0.15) is 4.98 Å². The van der Waals surface area contributed by atoms with Crippen molar-refractivity contribution in [3.63, 3.8) is 0 Å². The first-order chi connectivity index (χ1) is 14.4. The number of nitrogens with zero attached hydrogens (tertiary/aromatic N) is 4. The third-order valence-corrected chi connectivity index (χ3v) is 4.82. The number of carbonyl (C=O) groups is 1. The maximum atomic E-state index is 13.1. The van der Waals surface area contributed by atoms with E-state index >= 15 is 0 Å². The molecular formula is C21H21FN4O4. The molecule has 3 rings (SSSR count). The van der Waals surface area contributed by atoms with Crippen LogP contribution in [0.2, 0.25) is 0 Å². The van der Waals surface area contributed by atoms with Gasteiger partial charge in [0, 0.05) is 42.3 Å². The smallest absolute Gasteiger partial charge is 0.270 e. The van der Waals surface area contributed by atoms with Crippen LogP contribution in [0.3, 0.4) is 0 Å². The van der Waals surface area contributed by atoms with Crippen LogP contribution in [-0.4, -0.2) is 38.5 Å². The fraction of sp³-hybridized carbons (Fsp3) is 0.286. The van der Waals surface area contributed by atoms with Gasteiger partial charge in [0.1, 0.15) is 5.82 Å². The molecule has 0 radical (unpaired) electrons. The summed E-state index contributed by atoms with van der Waals surface area (Å²) in [7, 11) is 0. The lowest BCUT2D eigenvalue weighted by Gasteiger charge is -2.28. The molecule has 30 heavy (non-hydrogen) atoms. The summed E-state index contributed by atoms with van der Waals surface area (Å²) >= 11 is 0. The third-order valence-electron chi connectivity index (χ3n) is 4.82. The molecule has 9 heteroatoms. The van der Waals surface area contributed by atoms with Gasteiger partial charge in [-0.15, -0.1) is 0 Å². The summed E-state index contributed by atoms with van der Waals surface area (Å²) in [6.07, 6.45) is 1.03. The molecule has 0 unspecified atom stereocenters. The molecule has 0 saturated heterocycles. The summed E-state index contributed by atoms with van der Waals surface area (Å²) in [5.74, 6) is 0.0252. The van der Waals surface area contributed by atoms with E-state index in [0.717, 1.165) is 0 Å². The highest BCUT2D eigenvalue weighted by atomic mass is 19.1. The molecule has 3 aromatic rings. The average molecular weight is 412 g/mol. The fourth-order valence-corrected chi connectivity index (χ4v) is 2.95. The molecule has 156 valence electrons. The van der Waals surface area contributed by atoms with Gasteiger partial charge >= 0.3 is 0 Å². The first kappa shape index (κ1) is 21.1. The van der Waals surface area contributed by atoms with Crippen LogP contribution in [0, 0.1) is 15.9 Å². The predicted octanol–water partition coefficient (Wildman–Crippen LogP) is 4.27. The van der Waals surface area contributed by atoms with Crippen LogP contribution >= 0.6 is 0 Å². The van der Waals surface area contributed by atoms with Crippen molar-refractivity contribution in [2.45, 2.75) is 32.7 Å². The first-order valence-electron chi connectivity index (χ1n) is 9.53. The molecule has 0 spiro atoms. The number of aromatic nitrogens is 2. The Hall–Kier alpha value is -3.62. The maximum Gasteiger partial charge on any atom is 0.270 e. The second kappa shape index (κ2) is 9.25. The Morgan fingerprint density at radius 3 is 2.67 bits per heavy atom. The number of carbonyl (C=O) groups excluding carboxylic acids is 1.